The minimum atomic E-state index is -0.150. The molecule has 1 N–H and O–H groups in total. The highest BCUT2D eigenvalue weighted by molar-refractivity contribution is 6.34. The van der Waals surface area contributed by atoms with Gasteiger partial charge in [-0.3, -0.25) is 4.79 Å². The second-order valence-corrected chi connectivity index (χ2v) is 3.52. The summed E-state index contributed by atoms with van der Waals surface area (Å²) in [7, 11) is 3.24. The Hall–Kier alpha value is -1.80. The predicted molar refractivity (Wildman–Crippen MR) is 61.3 cm³/mol. The molecule has 0 saturated heterocycles. The van der Waals surface area contributed by atoms with Gasteiger partial charge in [0, 0.05) is 20.3 Å². The minimum Gasteiger partial charge on any atom is -0.358 e. The van der Waals surface area contributed by atoms with Crippen molar-refractivity contribution in [3.63, 3.8) is 0 Å². The smallest absolute Gasteiger partial charge is 0.239 e. The van der Waals surface area contributed by atoms with E-state index in [1.165, 1.54) is 12.3 Å². The molecule has 0 aliphatic rings. The molecule has 0 bridgehead atoms. The van der Waals surface area contributed by atoms with Crippen molar-refractivity contribution >= 4 is 23.3 Å². The van der Waals surface area contributed by atoms with Crippen LogP contribution in [-0.2, 0) is 4.79 Å². The van der Waals surface area contributed by atoms with Crippen molar-refractivity contribution in [3.05, 3.63) is 22.8 Å². The van der Waals surface area contributed by atoms with Crippen LogP contribution in [0.4, 0.5) is 5.82 Å². The molecule has 0 fully saturated rings. The third kappa shape index (κ3) is 2.61. The fourth-order valence-corrected chi connectivity index (χ4v) is 1.45. The quantitative estimate of drug-likeness (QED) is 0.845. The molecular formula is C10H11ClN4O. The molecule has 16 heavy (non-hydrogen) atoms. The van der Waals surface area contributed by atoms with E-state index in [-0.39, 0.29) is 17.5 Å². The standard InChI is InChI=1S/C10H11ClN4O/c1-13-8(16)6-15(2)10-9(11)7(5-12)3-4-14-10/h3-4H,6H2,1-2H3,(H,13,16). The summed E-state index contributed by atoms with van der Waals surface area (Å²) in [6.07, 6.45) is 1.49. The van der Waals surface area contributed by atoms with E-state index in [1.807, 2.05) is 6.07 Å². The Morgan fingerprint density at radius 2 is 2.44 bits per heavy atom. The minimum absolute atomic E-state index is 0.137. The Balaban J connectivity index is 2.96. The summed E-state index contributed by atoms with van der Waals surface area (Å²) in [5, 5.41) is 11.6. The molecule has 0 aromatic carbocycles. The Morgan fingerprint density at radius 3 is 3.00 bits per heavy atom. The second-order valence-electron chi connectivity index (χ2n) is 3.14. The molecule has 1 rings (SSSR count). The number of nitrogens with zero attached hydrogens (tertiary/aromatic N) is 3. The van der Waals surface area contributed by atoms with Crippen LogP contribution >= 0.6 is 11.6 Å². The summed E-state index contributed by atoms with van der Waals surface area (Å²) >= 11 is 5.97. The van der Waals surface area contributed by atoms with Gasteiger partial charge < -0.3 is 10.2 Å². The first-order valence-electron chi connectivity index (χ1n) is 4.56. The second kappa shape index (κ2) is 5.33. The molecule has 0 radical (unpaired) electrons. The highest BCUT2D eigenvalue weighted by atomic mass is 35.5. The van der Waals surface area contributed by atoms with Gasteiger partial charge in [0.15, 0.2) is 0 Å². The number of carbonyl (C=O) groups excluding carboxylic acids is 1. The SMILES string of the molecule is CNC(=O)CN(C)c1nccc(C#N)c1Cl. The zero-order valence-corrected chi connectivity index (χ0v) is 9.75. The Labute approximate surface area is 98.6 Å². The lowest BCUT2D eigenvalue weighted by Gasteiger charge is -2.18. The van der Waals surface area contributed by atoms with Crippen molar-refractivity contribution in [2.45, 2.75) is 0 Å². The zero-order chi connectivity index (χ0) is 12.1. The molecule has 1 amide bonds. The van der Waals surface area contributed by atoms with Crippen LogP contribution in [-0.4, -0.2) is 31.5 Å². The van der Waals surface area contributed by atoms with Crippen molar-refractivity contribution in [2.75, 3.05) is 25.5 Å². The van der Waals surface area contributed by atoms with Gasteiger partial charge in [-0.05, 0) is 6.07 Å². The molecule has 84 valence electrons. The number of likely N-dealkylation sites (N-methyl/N-ethyl adjacent to an activating group) is 2. The van der Waals surface area contributed by atoms with E-state index in [2.05, 4.69) is 10.3 Å². The summed E-state index contributed by atoms with van der Waals surface area (Å²) in [5.41, 5.74) is 0.343. The molecule has 6 heteroatoms. The van der Waals surface area contributed by atoms with E-state index in [1.54, 1.807) is 19.0 Å². The van der Waals surface area contributed by atoms with Gasteiger partial charge in [-0.25, -0.2) is 4.98 Å². The number of hydrogen-bond donors (Lipinski definition) is 1. The summed E-state index contributed by atoms with van der Waals surface area (Å²) < 4.78 is 0. The largest absolute Gasteiger partial charge is 0.358 e. The number of anilines is 1. The monoisotopic (exact) mass is 238 g/mol. The van der Waals surface area contributed by atoms with Gasteiger partial charge >= 0.3 is 0 Å². The first-order chi connectivity index (χ1) is 7.60. The van der Waals surface area contributed by atoms with Crippen LogP contribution in [0.3, 0.4) is 0 Å². The van der Waals surface area contributed by atoms with Crippen LogP contribution < -0.4 is 10.2 Å². The number of pyridine rings is 1. The van der Waals surface area contributed by atoms with Crippen LogP contribution in [0.25, 0.3) is 0 Å². The first kappa shape index (κ1) is 12.3. The van der Waals surface area contributed by atoms with E-state index < -0.39 is 0 Å². The van der Waals surface area contributed by atoms with Gasteiger partial charge in [-0.15, -0.1) is 0 Å². The lowest BCUT2D eigenvalue weighted by Crippen LogP contribution is -2.33. The average molecular weight is 239 g/mol. The van der Waals surface area contributed by atoms with Gasteiger partial charge in [0.1, 0.15) is 16.9 Å². The van der Waals surface area contributed by atoms with Crippen molar-refractivity contribution in [2.24, 2.45) is 0 Å². The van der Waals surface area contributed by atoms with Crippen molar-refractivity contribution in [1.29, 1.82) is 5.26 Å². The van der Waals surface area contributed by atoms with E-state index in [0.717, 1.165) is 0 Å². The molecule has 1 heterocycles. The molecular weight excluding hydrogens is 228 g/mol. The third-order valence-corrected chi connectivity index (χ3v) is 2.39. The number of halogens is 1. The maximum absolute atomic E-state index is 11.2. The van der Waals surface area contributed by atoms with Gasteiger partial charge in [0.25, 0.3) is 0 Å². The number of rotatable bonds is 3. The molecule has 0 saturated carbocycles. The molecule has 0 aliphatic heterocycles. The van der Waals surface area contributed by atoms with Crippen molar-refractivity contribution in [3.8, 4) is 6.07 Å². The molecule has 0 unspecified atom stereocenters. The molecule has 0 aliphatic carbocycles. The van der Waals surface area contributed by atoms with Crippen molar-refractivity contribution in [1.82, 2.24) is 10.3 Å². The van der Waals surface area contributed by atoms with Gasteiger partial charge in [-0.1, -0.05) is 11.6 Å². The molecule has 0 atom stereocenters. The van der Waals surface area contributed by atoms with Crippen LogP contribution in [0.15, 0.2) is 12.3 Å². The normalized spacial score (nSPS) is 9.38. The number of nitriles is 1. The fourth-order valence-electron chi connectivity index (χ4n) is 1.15. The number of amides is 1. The van der Waals surface area contributed by atoms with E-state index in [4.69, 9.17) is 16.9 Å². The lowest BCUT2D eigenvalue weighted by molar-refractivity contribution is -0.119. The van der Waals surface area contributed by atoms with E-state index in [9.17, 15) is 4.79 Å². The Morgan fingerprint density at radius 1 is 1.75 bits per heavy atom. The van der Waals surface area contributed by atoms with Gasteiger partial charge in [0.2, 0.25) is 5.91 Å². The zero-order valence-electron chi connectivity index (χ0n) is 8.99. The van der Waals surface area contributed by atoms with Crippen LogP contribution in [0.2, 0.25) is 5.02 Å². The van der Waals surface area contributed by atoms with Gasteiger partial charge in [0.05, 0.1) is 12.1 Å². The summed E-state index contributed by atoms with van der Waals surface area (Å²) in [4.78, 5) is 16.8. The number of aromatic nitrogens is 1. The predicted octanol–water partition coefficient (Wildman–Crippen LogP) is 0.789. The maximum Gasteiger partial charge on any atom is 0.239 e. The topological polar surface area (TPSA) is 69.0 Å². The molecule has 5 nitrogen and oxygen atoms in total. The highest BCUT2D eigenvalue weighted by Crippen LogP contribution is 2.25. The highest BCUT2D eigenvalue weighted by Gasteiger charge is 2.13. The van der Waals surface area contributed by atoms with Crippen LogP contribution in [0, 0.1) is 11.3 Å². The first-order valence-corrected chi connectivity index (χ1v) is 4.94. The molecule has 0 spiro atoms. The third-order valence-electron chi connectivity index (χ3n) is 2.01. The summed E-state index contributed by atoms with van der Waals surface area (Å²) in [5.74, 6) is 0.270. The van der Waals surface area contributed by atoms with Crippen LogP contribution in [0.5, 0.6) is 0 Å². The Bertz CT molecular complexity index is 441. The fraction of sp³-hybridized carbons (Fsp3) is 0.300. The van der Waals surface area contributed by atoms with Gasteiger partial charge in [-0.2, -0.15) is 5.26 Å². The lowest BCUT2D eigenvalue weighted by atomic mass is 10.3. The van der Waals surface area contributed by atoms with Crippen LogP contribution in [0.1, 0.15) is 5.56 Å². The van der Waals surface area contributed by atoms with Crippen molar-refractivity contribution < 1.29 is 4.79 Å². The van der Waals surface area contributed by atoms with E-state index >= 15 is 0 Å². The number of nitrogens with one attached hydrogen (secondary N) is 1. The molecule has 1 aromatic rings. The number of hydrogen-bond acceptors (Lipinski definition) is 4. The molecule has 1 aromatic heterocycles. The Kier molecular flexibility index (Phi) is 4.09. The van der Waals surface area contributed by atoms with E-state index in [0.29, 0.717) is 11.4 Å². The summed E-state index contributed by atoms with van der Waals surface area (Å²) in [6.45, 7) is 0.137. The summed E-state index contributed by atoms with van der Waals surface area (Å²) in [6, 6.07) is 3.49. The maximum atomic E-state index is 11.2. The average Bonchev–Trinajstić information content (AvgIpc) is 2.29. The number of carbonyl (C=O) groups is 1.